The van der Waals surface area contributed by atoms with E-state index in [1.165, 1.54) is 0 Å². The Morgan fingerprint density at radius 2 is 1.94 bits per heavy atom. The number of nitrogens with one attached hydrogen (secondary N) is 1. The topological polar surface area (TPSA) is 38.3 Å². The number of benzene rings is 1. The van der Waals surface area contributed by atoms with E-state index in [1.807, 2.05) is 0 Å². The van der Waals surface area contributed by atoms with Crippen LogP contribution < -0.4 is 10.1 Å². The highest BCUT2D eigenvalue weighted by Gasteiger charge is 2.29. The Hall–Kier alpha value is -1.19. The fraction of sp³-hybridized carbons (Fsp3) is 0.308. The molecule has 0 fully saturated rings. The highest BCUT2D eigenvalue weighted by atomic mass is 35.5. The van der Waals surface area contributed by atoms with Gasteiger partial charge in [-0.05, 0) is 38.1 Å². The first-order valence-electron chi connectivity index (χ1n) is 5.37. The number of carbonyl (C=O) groups excluding carboxylic acids is 1. The van der Waals surface area contributed by atoms with Crippen molar-refractivity contribution in [1.29, 1.82) is 0 Å². The zero-order valence-corrected chi connectivity index (χ0v) is 11.8. The Kier molecular flexibility index (Phi) is 5.05. The van der Waals surface area contributed by atoms with E-state index in [1.54, 1.807) is 38.1 Å². The van der Waals surface area contributed by atoms with Gasteiger partial charge in [0, 0.05) is 10.1 Å². The molecule has 0 atom stereocenters. The summed E-state index contributed by atoms with van der Waals surface area (Å²) in [4.78, 5) is 11.9. The van der Waals surface area contributed by atoms with Crippen molar-refractivity contribution in [3.05, 3.63) is 40.9 Å². The highest BCUT2D eigenvalue weighted by Crippen LogP contribution is 2.21. The van der Waals surface area contributed by atoms with Crippen LogP contribution in [0.2, 0.25) is 5.02 Å². The molecule has 0 bridgehead atoms. The molecule has 0 spiro atoms. The first-order chi connectivity index (χ1) is 8.31. The van der Waals surface area contributed by atoms with Gasteiger partial charge in [-0.2, -0.15) is 0 Å². The molecular weight excluding hydrogens is 273 g/mol. The maximum absolute atomic E-state index is 11.9. The molecule has 0 saturated heterocycles. The van der Waals surface area contributed by atoms with E-state index in [0.717, 1.165) is 0 Å². The fourth-order valence-electron chi connectivity index (χ4n) is 1.23. The number of hydrogen-bond donors (Lipinski definition) is 1. The Balaban J connectivity index is 2.65. The van der Waals surface area contributed by atoms with Gasteiger partial charge in [-0.15, -0.1) is 0 Å². The molecule has 0 unspecified atom stereocenters. The molecule has 1 aromatic carbocycles. The van der Waals surface area contributed by atoms with Crippen molar-refractivity contribution < 1.29 is 9.53 Å². The van der Waals surface area contributed by atoms with Crippen LogP contribution in [0, 0.1) is 0 Å². The minimum absolute atomic E-state index is 0.216. The minimum Gasteiger partial charge on any atom is -0.478 e. The van der Waals surface area contributed by atoms with Gasteiger partial charge in [0.05, 0.1) is 6.54 Å². The summed E-state index contributed by atoms with van der Waals surface area (Å²) < 4.78 is 5.61. The smallest absolute Gasteiger partial charge is 0.263 e. The molecule has 0 aliphatic heterocycles. The van der Waals surface area contributed by atoms with Gasteiger partial charge in [-0.3, -0.25) is 4.79 Å². The number of amides is 1. The average Bonchev–Trinajstić information content (AvgIpc) is 2.28. The lowest BCUT2D eigenvalue weighted by atomic mass is 10.1. The van der Waals surface area contributed by atoms with Crippen molar-refractivity contribution in [1.82, 2.24) is 5.32 Å². The molecule has 0 radical (unpaired) electrons. The van der Waals surface area contributed by atoms with Crippen LogP contribution in [0.1, 0.15) is 13.8 Å². The van der Waals surface area contributed by atoms with Gasteiger partial charge in [-0.1, -0.05) is 29.8 Å². The maximum Gasteiger partial charge on any atom is 0.263 e. The third-order valence-corrected chi connectivity index (χ3v) is 2.56. The first kappa shape index (κ1) is 14.9. The van der Waals surface area contributed by atoms with E-state index >= 15 is 0 Å². The lowest BCUT2D eigenvalue weighted by molar-refractivity contribution is -0.133. The van der Waals surface area contributed by atoms with E-state index in [2.05, 4.69) is 11.9 Å². The number of rotatable bonds is 5. The van der Waals surface area contributed by atoms with Gasteiger partial charge >= 0.3 is 0 Å². The molecule has 98 valence electrons. The van der Waals surface area contributed by atoms with Gasteiger partial charge in [0.2, 0.25) is 0 Å². The van der Waals surface area contributed by atoms with Gasteiger partial charge in [0.15, 0.2) is 5.60 Å². The summed E-state index contributed by atoms with van der Waals surface area (Å²) in [6, 6.07) is 6.81. The molecule has 0 aromatic heterocycles. The summed E-state index contributed by atoms with van der Waals surface area (Å²) in [7, 11) is 0. The Morgan fingerprint density at radius 3 is 2.44 bits per heavy atom. The maximum atomic E-state index is 11.9. The zero-order valence-electron chi connectivity index (χ0n) is 10.3. The molecule has 1 N–H and O–H groups in total. The summed E-state index contributed by atoms with van der Waals surface area (Å²) in [5.41, 5.74) is -1.000. The second-order valence-corrected chi connectivity index (χ2v) is 5.24. The fourth-order valence-corrected chi connectivity index (χ4v) is 1.43. The van der Waals surface area contributed by atoms with Crippen LogP contribution >= 0.6 is 23.2 Å². The van der Waals surface area contributed by atoms with E-state index in [0.29, 0.717) is 15.8 Å². The third kappa shape index (κ3) is 4.59. The molecular formula is C13H15Cl2NO2. The summed E-state index contributed by atoms with van der Waals surface area (Å²) >= 11 is 11.4. The summed E-state index contributed by atoms with van der Waals surface area (Å²) in [5.74, 6) is 0.309. The van der Waals surface area contributed by atoms with E-state index in [4.69, 9.17) is 27.9 Å². The van der Waals surface area contributed by atoms with Gasteiger partial charge in [0.25, 0.3) is 5.91 Å². The first-order valence-corrected chi connectivity index (χ1v) is 6.13. The normalized spacial score (nSPS) is 10.9. The summed E-state index contributed by atoms with van der Waals surface area (Å²) in [5, 5.41) is 3.61. The Morgan fingerprint density at radius 1 is 1.39 bits per heavy atom. The summed E-state index contributed by atoms with van der Waals surface area (Å²) in [6.07, 6.45) is 0. The van der Waals surface area contributed by atoms with Gasteiger partial charge < -0.3 is 10.1 Å². The van der Waals surface area contributed by atoms with Crippen LogP contribution in [0.15, 0.2) is 35.9 Å². The molecule has 5 heteroatoms. The highest BCUT2D eigenvalue weighted by molar-refractivity contribution is 6.30. The molecule has 0 heterocycles. The number of halogens is 2. The van der Waals surface area contributed by atoms with Crippen molar-refractivity contribution in [3.63, 3.8) is 0 Å². The molecule has 3 nitrogen and oxygen atoms in total. The van der Waals surface area contributed by atoms with Crippen LogP contribution in [0.25, 0.3) is 0 Å². The van der Waals surface area contributed by atoms with E-state index < -0.39 is 5.60 Å². The summed E-state index contributed by atoms with van der Waals surface area (Å²) in [6.45, 7) is 7.06. The van der Waals surface area contributed by atoms with Crippen LogP contribution in [0.5, 0.6) is 5.75 Å². The molecule has 1 rings (SSSR count). The molecule has 0 aliphatic rings. The van der Waals surface area contributed by atoms with E-state index in [-0.39, 0.29) is 12.5 Å². The van der Waals surface area contributed by atoms with Crippen molar-refractivity contribution in [2.24, 2.45) is 0 Å². The average molecular weight is 288 g/mol. The van der Waals surface area contributed by atoms with E-state index in [9.17, 15) is 4.79 Å². The van der Waals surface area contributed by atoms with Crippen LogP contribution in [-0.4, -0.2) is 18.1 Å². The van der Waals surface area contributed by atoms with Crippen LogP contribution in [0.4, 0.5) is 0 Å². The molecule has 18 heavy (non-hydrogen) atoms. The largest absolute Gasteiger partial charge is 0.478 e. The van der Waals surface area contributed by atoms with Crippen LogP contribution in [-0.2, 0) is 4.79 Å². The quantitative estimate of drug-likeness (QED) is 0.902. The van der Waals surface area contributed by atoms with Crippen molar-refractivity contribution in [3.8, 4) is 5.75 Å². The predicted molar refractivity (Wildman–Crippen MR) is 74.2 cm³/mol. The minimum atomic E-state index is -1.000. The standard InChI is InChI=1S/C13H15Cl2NO2/c1-9(14)8-16-12(17)13(2,3)18-11-6-4-10(15)5-7-11/h4-7H,1,8H2,2-3H3,(H,16,17). The number of carbonyl (C=O) groups is 1. The lowest BCUT2D eigenvalue weighted by Gasteiger charge is -2.25. The molecule has 0 aliphatic carbocycles. The SMILES string of the molecule is C=C(Cl)CNC(=O)C(C)(C)Oc1ccc(Cl)cc1. The monoisotopic (exact) mass is 287 g/mol. The molecule has 1 aromatic rings. The third-order valence-electron chi connectivity index (χ3n) is 2.17. The van der Waals surface area contributed by atoms with Crippen molar-refractivity contribution in [2.75, 3.05) is 6.54 Å². The Labute approximate surface area is 117 Å². The zero-order chi connectivity index (χ0) is 13.8. The van der Waals surface area contributed by atoms with Gasteiger partial charge in [-0.25, -0.2) is 0 Å². The molecule has 0 saturated carbocycles. The number of hydrogen-bond acceptors (Lipinski definition) is 2. The van der Waals surface area contributed by atoms with Crippen molar-refractivity contribution >= 4 is 29.1 Å². The van der Waals surface area contributed by atoms with Gasteiger partial charge in [0.1, 0.15) is 5.75 Å². The molecule has 1 amide bonds. The van der Waals surface area contributed by atoms with Crippen LogP contribution in [0.3, 0.4) is 0 Å². The second kappa shape index (κ2) is 6.12. The van der Waals surface area contributed by atoms with Crippen molar-refractivity contribution in [2.45, 2.75) is 19.4 Å². The lowest BCUT2D eigenvalue weighted by Crippen LogP contribution is -2.46. The Bertz CT molecular complexity index is 441. The number of ether oxygens (including phenoxy) is 1. The second-order valence-electron chi connectivity index (χ2n) is 4.27. The predicted octanol–water partition coefficient (Wildman–Crippen LogP) is 3.37.